The van der Waals surface area contributed by atoms with Crippen molar-refractivity contribution in [3.05, 3.63) is 23.9 Å². The van der Waals surface area contributed by atoms with Crippen LogP contribution in [0.2, 0.25) is 0 Å². The standard InChI is InChI=1S/C19H29N3O3/c1-2-25-19-16(4-3-9-20-19)14-21-18(23)15-5-10-22(11-6-15)17-7-12-24-13-8-17/h3-4,9,15,17H,2,5-8,10-14H2,1H3,(H,21,23). The lowest BCUT2D eigenvalue weighted by Crippen LogP contribution is -2.46. The first-order valence-electron chi connectivity index (χ1n) is 9.44. The Morgan fingerprint density at radius 1 is 1.32 bits per heavy atom. The average molecular weight is 347 g/mol. The Kier molecular flexibility index (Phi) is 6.64. The van der Waals surface area contributed by atoms with Gasteiger partial charge in [0.1, 0.15) is 0 Å². The third kappa shape index (κ3) is 4.92. The molecule has 2 aliphatic rings. The van der Waals surface area contributed by atoms with Crippen LogP contribution in [0.3, 0.4) is 0 Å². The molecule has 3 heterocycles. The first-order valence-corrected chi connectivity index (χ1v) is 9.44. The Hall–Kier alpha value is -1.66. The van der Waals surface area contributed by atoms with Crippen molar-refractivity contribution < 1.29 is 14.3 Å². The molecule has 2 aliphatic heterocycles. The Balaban J connectivity index is 1.45. The summed E-state index contributed by atoms with van der Waals surface area (Å²) in [5.74, 6) is 0.876. The van der Waals surface area contributed by atoms with E-state index in [0.29, 0.717) is 25.1 Å². The number of piperidine rings is 1. The molecule has 0 aromatic carbocycles. The minimum absolute atomic E-state index is 0.114. The topological polar surface area (TPSA) is 63.7 Å². The molecule has 0 saturated carbocycles. The lowest BCUT2D eigenvalue weighted by Gasteiger charge is -2.38. The molecule has 1 amide bonds. The fourth-order valence-electron chi connectivity index (χ4n) is 3.73. The van der Waals surface area contributed by atoms with Crippen molar-refractivity contribution in [2.75, 3.05) is 32.9 Å². The zero-order valence-corrected chi connectivity index (χ0v) is 15.1. The van der Waals surface area contributed by atoms with Crippen molar-refractivity contribution in [2.24, 2.45) is 5.92 Å². The van der Waals surface area contributed by atoms with Gasteiger partial charge in [-0.2, -0.15) is 0 Å². The van der Waals surface area contributed by atoms with E-state index in [-0.39, 0.29) is 11.8 Å². The zero-order chi connectivity index (χ0) is 17.5. The van der Waals surface area contributed by atoms with Crippen LogP contribution >= 0.6 is 0 Å². The predicted octanol–water partition coefficient (Wildman–Crippen LogP) is 1.99. The molecule has 138 valence electrons. The highest BCUT2D eigenvalue weighted by Gasteiger charge is 2.29. The van der Waals surface area contributed by atoms with Crippen LogP contribution in [0.5, 0.6) is 5.88 Å². The number of carbonyl (C=O) groups is 1. The number of rotatable bonds is 6. The van der Waals surface area contributed by atoms with Gasteiger partial charge in [-0.05, 0) is 51.8 Å². The second-order valence-corrected chi connectivity index (χ2v) is 6.77. The molecule has 0 bridgehead atoms. The number of aromatic nitrogens is 1. The normalized spacial score (nSPS) is 20.4. The molecule has 0 spiro atoms. The highest BCUT2D eigenvalue weighted by atomic mass is 16.5. The molecule has 2 fully saturated rings. The Morgan fingerprint density at radius 3 is 2.80 bits per heavy atom. The molecule has 6 nitrogen and oxygen atoms in total. The van der Waals surface area contributed by atoms with Gasteiger partial charge in [0.25, 0.3) is 0 Å². The third-order valence-corrected chi connectivity index (χ3v) is 5.19. The van der Waals surface area contributed by atoms with Crippen LogP contribution in [0.1, 0.15) is 38.2 Å². The number of carbonyl (C=O) groups excluding carboxylic acids is 1. The van der Waals surface area contributed by atoms with Crippen LogP contribution < -0.4 is 10.1 Å². The van der Waals surface area contributed by atoms with Crippen LogP contribution in [0.15, 0.2) is 18.3 Å². The van der Waals surface area contributed by atoms with E-state index in [4.69, 9.17) is 9.47 Å². The maximum absolute atomic E-state index is 12.5. The van der Waals surface area contributed by atoms with Gasteiger partial charge < -0.3 is 19.7 Å². The first kappa shape index (κ1) is 18.1. The molecule has 1 aromatic heterocycles. The Morgan fingerprint density at radius 2 is 2.08 bits per heavy atom. The molecular formula is C19H29N3O3. The van der Waals surface area contributed by atoms with Crippen LogP contribution in [0.4, 0.5) is 0 Å². The smallest absolute Gasteiger partial charge is 0.223 e. The van der Waals surface area contributed by atoms with Crippen LogP contribution in [0.25, 0.3) is 0 Å². The molecule has 0 atom stereocenters. The van der Waals surface area contributed by atoms with E-state index in [1.54, 1.807) is 6.20 Å². The van der Waals surface area contributed by atoms with Crippen molar-refractivity contribution in [3.8, 4) is 5.88 Å². The van der Waals surface area contributed by atoms with E-state index >= 15 is 0 Å². The maximum Gasteiger partial charge on any atom is 0.223 e. The largest absolute Gasteiger partial charge is 0.478 e. The third-order valence-electron chi connectivity index (χ3n) is 5.19. The SMILES string of the molecule is CCOc1ncccc1CNC(=O)C1CCN(C2CCOCC2)CC1. The second kappa shape index (κ2) is 9.15. The number of hydrogen-bond acceptors (Lipinski definition) is 5. The summed E-state index contributed by atoms with van der Waals surface area (Å²) >= 11 is 0. The summed E-state index contributed by atoms with van der Waals surface area (Å²) in [6, 6.07) is 4.46. The summed E-state index contributed by atoms with van der Waals surface area (Å²) < 4.78 is 11.0. The molecular weight excluding hydrogens is 318 g/mol. The summed E-state index contributed by atoms with van der Waals surface area (Å²) in [5.41, 5.74) is 0.928. The number of nitrogens with zero attached hydrogens (tertiary/aromatic N) is 2. The van der Waals surface area contributed by atoms with Gasteiger partial charge in [0.05, 0.1) is 6.61 Å². The van der Waals surface area contributed by atoms with Gasteiger partial charge in [-0.15, -0.1) is 0 Å². The van der Waals surface area contributed by atoms with Crippen molar-refractivity contribution in [3.63, 3.8) is 0 Å². The summed E-state index contributed by atoms with van der Waals surface area (Å²) in [5, 5.41) is 3.06. The van der Waals surface area contributed by atoms with Gasteiger partial charge >= 0.3 is 0 Å². The molecule has 3 rings (SSSR count). The average Bonchev–Trinajstić information content (AvgIpc) is 2.68. The van der Waals surface area contributed by atoms with Crippen LogP contribution in [0, 0.1) is 5.92 Å². The number of likely N-dealkylation sites (tertiary alicyclic amines) is 1. The lowest BCUT2D eigenvalue weighted by atomic mass is 9.93. The van der Waals surface area contributed by atoms with Gasteiger partial charge in [-0.3, -0.25) is 4.79 Å². The van der Waals surface area contributed by atoms with Crippen molar-refractivity contribution >= 4 is 5.91 Å². The fourth-order valence-corrected chi connectivity index (χ4v) is 3.73. The summed E-state index contributed by atoms with van der Waals surface area (Å²) in [6.45, 7) is 6.75. The lowest BCUT2D eigenvalue weighted by molar-refractivity contribution is -0.127. The van der Waals surface area contributed by atoms with E-state index in [0.717, 1.165) is 57.6 Å². The number of amides is 1. The summed E-state index contributed by atoms with van der Waals surface area (Å²) in [7, 11) is 0. The van der Waals surface area contributed by atoms with Gasteiger partial charge in [0.2, 0.25) is 11.8 Å². The first-order chi connectivity index (χ1) is 12.3. The monoisotopic (exact) mass is 347 g/mol. The molecule has 6 heteroatoms. The Bertz CT molecular complexity index is 553. The summed E-state index contributed by atoms with van der Waals surface area (Å²) in [6.07, 6.45) is 5.83. The second-order valence-electron chi connectivity index (χ2n) is 6.77. The maximum atomic E-state index is 12.5. The Labute approximate surface area is 149 Å². The molecule has 0 radical (unpaired) electrons. The molecule has 25 heavy (non-hydrogen) atoms. The van der Waals surface area contributed by atoms with Gasteiger partial charge in [0, 0.05) is 43.5 Å². The zero-order valence-electron chi connectivity index (χ0n) is 15.1. The van der Waals surface area contributed by atoms with E-state index in [1.807, 2.05) is 19.1 Å². The van der Waals surface area contributed by atoms with E-state index < -0.39 is 0 Å². The molecule has 2 saturated heterocycles. The van der Waals surface area contributed by atoms with Gasteiger partial charge in [-0.25, -0.2) is 4.98 Å². The molecule has 0 aliphatic carbocycles. The van der Waals surface area contributed by atoms with E-state index in [9.17, 15) is 4.79 Å². The minimum atomic E-state index is 0.114. The van der Waals surface area contributed by atoms with Crippen LogP contribution in [-0.4, -0.2) is 54.7 Å². The highest BCUT2D eigenvalue weighted by Crippen LogP contribution is 2.23. The van der Waals surface area contributed by atoms with Crippen LogP contribution in [-0.2, 0) is 16.1 Å². The van der Waals surface area contributed by atoms with E-state index in [2.05, 4.69) is 15.2 Å². The fraction of sp³-hybridized carbons (Fsp3) is 0.684. The van der Waals surface area contributed by atoms with Crippen molar-refractivity contribution in [1.82, 2.24) is 15.2 Å². The van der Waals surface area contributed by atoms with Crippen molar-refractivity contribution in [1.29, 1.82) is 0 Å². The molecule has 0 unspecified atom stereocenters. The predicted molar refractivity (Wildman–Crippen MR) is 95.4 cm³/mol. The number of hydrogen-bond donors (Lipinski definition) is 1. The van der Waals surface area contributed by atoms with Gasteiger partial charge in [-0.1, -0.05) is 6.07 Å². The van der Waals surface area contributed by atoms with Gasteiger partial charge in [0.15, 0.2) is 0 Å². The quantitative estimate of drug-likeness (QED) is 0.853. The highest BCUT2D eigenvalue weighted by molar-refractivity contribution is 5.78. The number of ether oxygens (including phenoxy) is 2. The molecule has 1 N–H and O–H groups in total. The van der Waals surface area contributed by atoms with E-state index in [1.165, 1.54) is 0 Å². The number of pyridine rings is 1. The number of nitrogens with one attached hydrogen (secondary N) is 1. The minimum Gasteiger partial charge on any atom is -0.478 e. The van der Waals surface area contributed by atoms with Crippen molar-refractivity contribution in [2.45, 2.75) is 45.2 Å². The molecule has 1 aromatic rings. The summed E-state index contributed by atoms with van der Waals surface area (Å²) in [4.78, 5) is 19.3.